The molecule has 0 aromatic carbocycles. The van der Waals surface area contributed by atoms with Crippen molar-refractivity contribution in [3.8, 4) is 10.6 Å². The van der Waals surface area contributed by atoms with E-state index in [1.807, 2.05) is 12.1 Å². The molecule has 0 saturated carbocycles. The molecule has 0 saturated heterocycles. The molecule has 0 aliphatic rings. The van der Waals surface area contributed by atoms with Gasteiger partial charge in [0.25, 0.3) is 0 Å². The molecular weight excluding hydrogens is 213 g/mol. The quantitative estimate of drug-likeness (QED) is 0.867. The lowest BCUT2D eigenvalue weighted by Gasteiger charge is -1.97. The van der Waals surface area contributed by atoms with E-state index in [1.54, 1.807) is 12.3 Å². The molecule has 0 aliphatic heterocycles. The third-order valence-corrected chi connectivity index (χ3v) is 3.16. The van der Waals surface area contributed by atoms with Crippen LogP contribution in [0.25, 0.3) is 10.6 Å². The summed E-state index contributed by atoms with van der Waals surface area (Å²) in [4.78, 5) is 5.84. The summed E-state index contributed by atoms with van der Waals surface area (Å²) in [6.07, 6.45) is 2.18. The maximum atomic E-state index is 13.4. The van der Waals surface area contributed by atoms with E-state index in [9.17, 15) is 4.39 Å². The maximum absolute atomic E-state index is 13.4. The van der Waals surface area contributed by atoms with E-state index in [-0.39, 0.29) is 12.4 Å². The molecular formula is C11H10FNOS. The average molecular weight is 223 g/mol. The summed E-state index contributed by atoms with van der Waals surface area (Å²) < 4.78 is 13.4. The minimum Gasteiger partial charge on any atom is -0.396 e. The van der Waals surface area contributed by atoms with Crippen molar-refractivity contribution in [1.29, 1.82) is 0 Å². The van der Waals surface area contributed by atoms with Crippen molar-refractivity contribution in [2.75, 3.05) is 6.61 Å². The molecule has 0 atom stereocenters. The Morgan fingerprint density at radius 3 is 2.93 bits per heavy atom. The zero-order valence-electron chi connectivity index (χ0n) is 7.98. The third kappa shape index (κ3) is 2.22. The molecule has 15 heavy (non-hydrogen) atoms. The molecule has 2 aromatic heterocycles. The van der Waals surface area contributed by atoms with Gasteiger partial charge in [-0.3, -0.25) is 4.98 Å². The molecule has 2 rings (SSSR count). The molecule has 0 aliphatic carbocycles. The fourth-order valence-corrected chi connectivity index (χ4v) is 2.31. The van der Waals surface area contributed by atoms with Crippen LogP contribution in [0.2, 0.25) is 0 Å². The first-order valence-electron chi connectivity index (χ1n) is 4.61. The van der Waals surface area contributed by atoms with E-state index in [0.29, 0.717) is 12.1 Å². The lowest BCUT2D eigenvalue weighted by atomic mass is 10.3. The minimum atomic E-state index is -0.310. The van der Waals surface area contributed by atoms with Crippen LogP contribution < -0.4 is 0 Å². The first-order chi connectivity index (χ1) is 7.31. The van der Waals surface area contributed by atoms with Gasteiger partial charge in [0.05, 0.1) is 4.88 Å². The zero-order chi connectivity index (χ0) is 10.7. The fourth-order valence-electron chi connectivity index (χ4n) is 1.32. The monoisotopic (exact) mass is 223 g/mol. The minimum absolute atomic E-state index is 0.116. The fraction of sp³-hybridized carbons (Fsp3) is 0.182. The van der Waals surface area contributed by atoms with E-state index in [4.69, 9.17) is 5.11 Å². The second-order valence-corrected chi connectivity index (χ2v) is 4.24. The average Bonchev–Trinajstić information content (AvgIpc) is 2.68. The molecule has 0 fully saturated rings. The number of nitrogens with zero attached hydrogens (tertiary/aromatic N) is 1. The largest absolute Gasteiger partial charge is 0.396 e. The summed E-state index contributed by atoms with van der Waals surface area (Å²) in [5.74, 6) is -0.310. The van der Waals surface area contributed by atoms with Crippen molar-refractivity contribution in [2.45, 2.75) is 6.42 Å². The Bertz CT molecular complexity index is 455. The number of halogens is 1. The predicted molar refractivity (Wildman–Crippen MR) is 58.3 cm³/mol. The number of aliphatic hydroxyl groups is 1. The highest BCUT2D eigenvalue weighted by Crippen LogP contribution is 2.28. The van der Waals surface area contributed by atoms with Crippen molar-refractivity contribution >= 4 is 11.3 Å². The topological polar surface area (TPSA) is 33.1 Å². The Morgan fingerprint density at radius 2 is 2.20 bits per heavy atom. The molecule has 0 unspecified atom stereocenters. The Hall–Kier alpha value is -1.26. The van der Waals surface area contributed by atoms with Crippen LogP contribution in [0.5, 0.6) is 0 Å². The zero-order valence-corrected chi connectivity index (χ0v) is 8.80. The van der Waals surface area contributed by atoms with Crippen molar-refractivity contribution in [3.05, 3.63) is 41.2 Å². The van der Waals surface area contributed by atoms with Gasteiger partial charge in [0.2, 0.25) is 0 Å². The van der Waals surface area contributed by atoms with Gasteiger partial charge in [0.1, 0.15) is 11.5 Å². The second-order valence-electron chi connectivity index (χ2n) is 3.07. The number of aromatic nitrogens is 1. The standard InChI is InChI=1S/C11H10FNOS/c12-9-2-1-6-13-11(9)10-4-3-8(15-10)5-7-14/h1-4,6,14H,5,7H2. The number of hydrogen-bond donors (Lipinski definition) is 1. The van der Waals surface area contributed by atoms with Gasteiger partial charge in [-0.05, 0) is 24.3 Å². The summed E-state index contributed by atoms with van der Waals surface area (Å²) in [6.45, 7) is 0.116. The molecule has 0 radical (unpaired) electrons. The molecule has 2 aromatic rings. The van der Waals surface area contributed by atoms with E-state index in [2.05, 4.69) is 4.98 Å². The second kappa shape index (κ2) is 4.51. The van der Waals surface area contributed by atoms with Crippen LogP contribution in [0.1, 0.15) is 4.88 Å². The van der Waals surface area contributed by atoms with Gasteiger partial charge in [-0.2, -0.15) is 0 Å². The van der Waals surface area contributed by atoms with Gasteiger partial charge >= 0.3 is 0 Å². The number of rotatable bonds is 3. The summed E-state index contributed by atoms with van der Waals surface area (Å²) >= 11 is 1.46. The lowest BCUT2D eigenvalue weighted by Crippen LogP contribution is -1.85. The summed E-state index contributed by atoms with van der Waals surface area (Å²) in [5.41, 5.74) is 0.381. The first-order valence-corrected chi connectivity index (χ1v) is 5.43. The molecule has 4 heteroatoms. The summed E-state index contributed by atoms with van der Waals surface area (Å²) in [7, 11) is 0. The number of pyridine rings is 1. The third-order valence-electron chi connectivity index (χ3n) is 2.01. The molecule has 78 valence electrons. The Morgan fingerprint density at radius 1 is 1.33 bits per heavy atom. The highest BCUT2D eigenvalue weighted by atomic mass is 32.1. The molecule has 1 N–H and O–H groups in total. The number of hydrogen-bond acceptors (Lipinski definition) is 3. The van der Waals surface area contributed by atoms with Crippen LogP contribution in [0.3, 0.4) is 0 Å². The SMILES string of the molecule is OCCc1ccc(-c2ncccc2F)s1. The first kappa shape index (κ1) is 10.3. The van der Waals surface area contributed by atoms with Crippen LogP contribution in [0.4, 0.5) is 4.39 Å². The van der Waals surface area contributed by atoms with E-state index in [1.165, 1.54) is 17.4 Å². The molecule has 0 spiro atoms. The van der Waals surface area contributed by atoms with Gasteiger partial charge in [0, 0.05) is 24.1 Å². The molecule has 2 nitrogen and oxygen atoms in total. The van der Waals surface area contributed by atoms with Crippen molar-refractivity contribution in [1.82, 2.24) is 4.98 Å². The molecule has 2 heterocycles. The van der Waals surface area contributed by atoms with Gasteiger partial charge in [-0.1, -0.05) is 0 Å². The normalized spacial score (nSPS) is 10.5. The number of thiophene rings is 1. The van der Waals surface area contributed by atoms with Gasteiger partial charge in [0.15, 0.2) is 0 Å². The van der Waals surface area contributed by atoms with Crippen LogP contribution >= 0.6 is 11.3 Å². The van der Waals surface area contributed by atoms with Crippen molar-refractivity contribution in [2.24, 2.45) is 0 Å². The van der Waals surface area contributed by atoms with E-state index in [0.717, 1.165) is 9.75 Å². The highest BCUT2D eigenvalue weighted by molar-refractivity contribution is 7.15. The van der Waals surface area contributed by atoms with Gasteiger partial charge < -0.3 is 5.11 Å². The van der Waals surface area contributed by atoms with Crippen LogP contribution in [0, 0.1) is 5.82 Å². The van der Waals surface area contributed by atoms with E-state index < -0.39 is 0 Å². The number of aliphatic hydroxyl groups excluding tert-OH is 1. The Balaban J connectivity index is 2.33. The Kier molecular flexibility index (Phi) is 3.08. The highest BCUT2D eigenvalue weighted by Gasteiger charge is 2.08. The van der Waals surface area contributed by atoms with Crippen LogP contribution in [-0.4, -0.2) is 16.7 Å². The van der Waals surface area contributed by atoms with Crippen molar-refractivity contribution < 1.29 is 9.50 Å². The lowest BCUT2D eigenvalue weighted by molar-refractivity contribution is 0.300. The Labute approximate surface area is 91.0 Å². The van der Waals surface area contributed by atoms with Crippen LogP contribution in [-0.2, 0) is 6.42 Å². The van der Waals surface area contributed by atoms with E-state index >= 15 is 0 Å². The van der Waals surface area contributed by atoms with Gasteiger partial charge in [-0.25, -0.2) is 4.39 Å². The maximum Gasteiger partial charge on any atom is 0.150 e. The van der Waals surface area contributed by atoms with Crippen molar-refractivity contribution in [3.63, 3.8) is 0 Å². The molecule has 0 amide bonds. The van der Waals surface area contributed by atoms with Crippen LogP contribution in [0.15, 0.2) is 30.5 Å². The summed E-state index contributed by atoms with van der Waals surface area (Å²) in [5, 5.41) is 8.77. The smallest absolute Gasteiger partial charge is 0.150 e. The molecule has 0 bridgehead atoms. The van der Waals surface area contributed by atoms with Gasteiger partial charge in [-0.15, -0.1) is 11.3 Å². The predicted octanol–water partition coefficient (Wildman–Crippen LogP) is 2.48. The summed E-state index contributed by atoms with van der Waals surface area (Å²) in [6, 6.07) is 6.69.